The molecule has 7 heteroatoms. The zero-order valence-corrected chi connectivity index (χ0v) is 14.4. The Morgan fingerprint density at radius 2 is 1.87 bits per heavy atom. The fraction of sp³-hybridized carbons (Fsp3) is 0.562. The van der Waals surface area contributed by atoms with Gasteiger partial charge in [-0.3, -0.25) is 4.79 Å². The summed E-state index contributed by atoms with van der Waals surface area (Å²) in [6.07, 6.45) is 2.11. The number of rotatable bonds is 6. The number of nitrogens with one attached hydrogen (secondary N) is 1. The van der Waals surface area contributed by atoms with Crippen molar-refractivity contribution in [3.05, 3.63) is 29.8 Å². The Balaban J connectivity index is 1.96. The molecule has 2 rings (SSSR count). The van der Waals surface area contributed by atoms with Crippen LogP contribution in [0.2, 0.25) is 0 Å². The van der Waals surface area contributed by atoms with Gasteiger partial charge in [-0.15, -0.1) is 0 Å². The average molecular weight is 340 g/mol. The van der Waals surface area contributed by atoms with Crippen LogP contribution in [0.25, 0.3) is 0 Å². The molecule has 1 aromatic rings. The Morgan fingerprint density at radius 1 is 1.26 bits per heavy atom. The number of carbonyl (C=O) groups is 1. The molecule has 0 radical (unpaired) electrons. The molecule has 23 heavy (non-hydrogen) atoms. The highest BCUT2D eigenvalue weighted by Crippen LogP contribution is 2.21. The van der Waals surface area contributed by atoms with E-state index in [1.807, 2.05) is 19.1 Å². The summed E-state index contributed by atoms with van der Waals surface area (Å²) < 4.78 is 31.5. The smallest absolute Gasteiger partial charge is 0.246 e. The van der Waals surface area contributed by atoms with E-state index in [2.05, 4.69) is 5.32 Å². The van der Waals surface area contributed by atoms with Gasteiger partial charge in [-0.05, 0) is 37.0 Å². The van der Waals surface area contributed by atoms with E-state index < -0.39 is 10.0 Å². The van der Waals surface area contributed by atoms with Crippen molar-refractivity contribution in [2.75, 3.05) is 26.8 Å². The largest absolute Gasteiger partial charge is 0.375 e. The minimum absolute atomic E-state index is 0.00608. The lowest BCUT2D eigenvalue weighted by Gasteiger charge is -2.31. The molecule has 0 bridgehead atoms. The van der Waals surface area contributed by atoms with Gasteiger partial charge in [0.15, 0.2) is 0 Å². The van der Waals surface area contributed by atoms with Gasteiger partial charge >= 0.3 is 0 Å². The summed E-state index contributed by atoms with van der Waals surface area (Å²) in [7, 11) is -1.98. The van der Waals surface area contributed by atoms with E-state index in [9.17, 15) is 13.2 Å². The Bertz CT molecular complexity index is 620. The Morgan fingerprint density at radius 3 is 2.39 bits per heavy atom. The van der Waals surface area contributed by atoms with E-state index in [-0.39, 0.29) is 18.6 Å². The lowest BCUT2D eigenvalue weighted by atomic mass is 10.1. The van der Waals surface area contributed by atoms with Gasteiger partial charge in [-0.2, -0.15) is 4.31 Å². The molecule has 6 nitrogen and oxygen atoms in total. The number of ether oxygens (including phenoxy) is 1. The number of sulfonamides is 1. The number of nitrogens with zero attached hydrogens (tertiary/aromatic N) is 1. The number of piperidine rings is 1. The molecular weight excluding hydrogens is 316 g/mol. The van der Waals surface area contributed by atoms with Crippen molar-refractivity contribution in [3.8, 4) is 0 Å². The normalized spacial score (nSPS) is 17.1. The highest BCUT2D eigenvalue weighted by Gasteiger charge is 2.29. The maximum Gasteiger partial charge on any atom is 0.246 e. The SMILES string of the molecule is CCc1ccc(S(=O)(=O)N2CCC(NC(=O)COC)CC2)cc1. The van der Waals surface area contributed by atoms with E-state index in [4.69, 9.17) is 4.74 Å². The highest BCUT2D eigenvalue weighted by molar-refractivity contribution is 7.89. The topological polar surface area (TPSA) is 75.7 Å². The highest BCUT2D eigenvalue weighted by atomic mass is 32.2. The Hall–Kier alpha value is -1.44. The van der Waals surface area contributed by atoms with Gasteiger partial charge < -0.3 is 10.1 Å². The summed E-state index contributed by atoms with van der Waals surface area (Å²) in [6, 6.07) is 7.04. The molecule has 0 aliphatic carbocycles. The Labute approximate surface area is 137 Å². The van der Waals surface area contributed by atoms with Crippen LogP contribution in [0, 0.1) is 0 Å². The lowest BCUT2D eigenvalue weighted by Crippen LogP contribution is -2.47. The van der Waals surface area contributed by atoms with Crippen LogP contribution < -0.4 is 5.32 Å². The van der Waals surface area contributed by atoms with Crippen LogP contribution >= 0.6 is 0 Å². The van der Waals surface area contributed by atoms with Crippen molar-refractivity contribution >= 4 is 15.9 Å². The second kappa shape index (κ2) is 7.90. The van der Waals surface area contributed by atoms with Crippen molar-refractivity contribution in [2.24, 2.45) is 0 Å². The van der Waals surface area contributed by atoms with E-state index in [1.54, 1.807) is 12.1 Å². The summed E-state index contributed by atoms with van der Waals surface area (Å²) >= 11 is 0. The van der Waals surface area contributed by atoms with Crippen molar-refractivity contribution in [1.82, 2.24) is 9.62 Å². The number of amides is 1. The van der Waals surface area contributed by atoms with Crippen LogP contribution in [0.1, 0.15) is 25.3 Å². The van der Waals surface area contributed by atoms with Crippen LogP contribution in [-0.2, 0) is 26.0 Å². The van der Waals surface area contributed by atoms with Crippen LogP contribution in [0.3, 0.4) is 0 Å². The van der Waals surface area contributed by atoms with Crippen LogP contribution in [0.4, 0.5) is 0 Å². The molecule has 1 aromatic carbocycles. The first-order chi connectivity index (χ1) is 11.0. The number of carbonyl (C=O) groups excluding carboxylic acids is 1. The first kappa shape index (κ1) is 17.9. The second-order valence-electron chi connectivity index (χ2n) is 5.68. The van der Waals surface area contributed by atoms with Gasteiger partial charge in [0, 0.05) is 26.2 Å². The zero-order valence-electron chi connectivity index (χ0n) is 13.6. The summed E-state index contributed by atoms with van der Waals surface area (Å²) in [4.78, 5) is 11.8. The van der Waals surface area contributed by atoms with E-state index in [1.165, 1.54) is 11.4 Å². The maximum atomic E-state index is 12.6. The van der Waals surface area contributed by atoms with Crippen molar-refractivity contribution in [3.63, 3.8) is 0 Å². The quantitative estimate of drug-likeness (QED) is 0.843. The summed E-state index contributed by atoms with van der Waals surface area (Å²) in [5.41, 5.74) is 1.11. The molecule has 128 valence electrons. The standard InChI is InChI=1S/C16H24N2O4S/c1-3-13-4-6-15(7-5-13)23(20,21)18-10-8-14(9-11-18)17-16(19)12-22-2/h4-7,14H,3,8-12H2,1-2H3,(H,17,19). The maximum absolute atomic E-state index is 12.6. The summed E-state index contributed by atoms with van der Waals surface area (Å²) in [5.74, 6) is -0.163. The monoisotopic (exact) mass is 340 g/mol. The fourth-order valence-corrected chi connectivity index (χ4v) is 4.16. The summed E-state index contributed by atoms with van der Waals surface area (Å²) in [5, 5.41) is 2.86. The predicted molar refractivity (Wildman–Crippen MR) is 87.6 cm³/mol. The molecule has 1 aliphatic heterocycles. The molecule has 1 amide bonds. The minimum atomic E-state index is -3.45. The molecule has 1 aliphatic rings. The third-order valence-electron chi connectivity index (χ3n) is 4.06. The van der Waals surface area contributed by atoms with Crippen LogP contribution in [0.5, 0.6) is 0 Å². The molecule has 1 N–H and O–H groups in total. The molecule has 0 spiro atoms. The zero-order chi connectivity index (χ0) is 16.9. The number of hydrogen-bond donors (Lipinski definition) is 1. The number of methoxy groups -OCH3 is 1. The number of benzene rings is 1. The van der Waals surface area contributed by atoms with Crippen molar-refractivity contribution in [1.29, 1.82) is 0 Å². The minimum Gasteiger partial charge on any atom is -0.375 e. The molecule has 0 aromatic heterocycles. The summed E-state index contributed by atoms with van der Waals surface area (Å²) in [6.45, 7) is 2.89. The van der Waals surface area contributed by atoms with Gasteiger partial charge in [-0.25, -0.2) is 8.42 Å². The molecule has 0 atom stereocenters. The lowest BCUT2D eigenvalue weighted by molar-refractivity contribution is -0.125. The predicted octanol–water partition coefficient (Wildman–Crippen LogP) is 1.16. The van der Waals surface area contributed by atoms with Gasteiger partial charge in [0.05, 0.1) is 4.90 Å². The molecule has 0 saturated carbocycles. The van der Waals surface area contributed by atoms with Gasteiger partial charge in [0.25, 0.3) is 0 Å². The van der Waals surface area contributed by atoms with Crippen molar-refractivity contribution in [2.45, 2.75) is 37.1 Å². The van der Waals surface area contributed by atoms with E-state index >= 15 is 0 Å². The first-order valence-electron chi connectivity index (χ1n) is 7.84. The van der Waals surface area contributed by atoms with Gasteiger partial charge in [0.2, 0.25) is 15.9 Å². The average Bonchev–Trinajstić information content (AvgIpc) is 2.55. The van der Waals surface area contributed by atoms with Crippen LogP contribution in [-0.4, -0.2) is 51.5 Å². The molecular formula is C16H24N2O4S. The first-order valence-corrected chi connectivity index (χ1v) is 9.28. The van der Waals surface area contributed by atoms with E-state index in [0.29, 0.717) is 30.8 Å². The molecule has 1 saturated heterocycles. The molecule has 1 fully saturated rings. The fourth-order valence-electron chi connectivity index (χ4n) is 2.69. The van der Waals surface area contributed by atoms with Gasteiger partial charge in [0.1, 0.15) is 6.61 Å². The van der Waals surface area contributed by atoms with Crippen molar-refractivity contribution < 1.29 is 17.9 Å². The van der Waals surface area contributed by atoms with Crippen LogP contribution in [0.15, 0.2) is 29.2 Å². The van der Waals surface area contributed by atoms with E-state index in [0.717, 1.165) is 12.0 Å². The second-order valence-corrected chi connectivity index (χ2v) is 7.61. The Kier molecular flexibility index (Phi) is 6.15. The number of aryl methyl sites for hydroxylation is 1. The number of hydrogen-bond acceptors (Lipinski definition) is 4. The third kappa shape index (κ3) is 4.53. The third-order valence-corrected chi connectivity index (χ3v) is 5.98. The molecule has 0 unspecified atom stereocenters. The molecule has 1 heterocycles. The van der Waals surface area contributed by atoms with Gasteiger partial charge in [-0.1, -0.05) is 19.1 Å².